The van der Waals surface area contributed by atoms with E-state index in [2.05, 4.69) is 60.2 Å². The Kier molecular flexibility index (Phi) is 8.20. The van der Waals surface area contributed by atoms with Crippen LogP contribution in [0.5, 0.6) is 5.75 Å². The molecule has 164 valence electrons. The van der Waals surface area contributed by atoms with E-state index in [1.54, 1.807) is 11.3 Å². The molecule has 0 radical (unpaired) electrons. The van der Waals surface area contributed by atoms with Crippen LogP contribution in [0.3, 0.4) is 0 Å². The molecule has 0 saturated carbocycles. The van der Waals surface area contributed by atoms with Crippen molar-refractivity contribution in [3.05, 3.63) is 64.0 Å². The Morgan fingerprint density at radius 2 is 1.77 bits per heavy atom. The minimum atomic E-state index is -0.0724. The molecule has 0 fully saturated rings. The molecule has 0 bridgehead atoms. The van der Waals surface area contributed by atoms with Crippen molar-refractivity contribution < 1.29 is 9.53 Å². The molecule has 0 atom stereocenters. The second kappa shape index (κ2) is 11.1. The number of rotatable bonds is 10. The number of aromatic nitrogens is 1. The quantitative estimate of drug-likeness (QED) is 0.466. The third-order valence-electron chi connectivity index (χ3n) is 5.17. The predicted octanol–water partition coefficient (Wildman–Crippen LogP) is 5.33. The smallest absolute Gasteiger partial charge is 0.229 e. The summed E-state index contributed by atoms with van der Waals surface area (Å²) in [6.07, 6.45) is 0.280. The number of benzene rings is 2. The Hall–Kier alpha value is -2.70. The van der Waals surface area contributed by atoms with Crippen molar-refractivity contribution >= 4 is 22.9 Å². The first-order chi connectivity index (χ1) is 15.0. The van der Waals surface area contributed by atoms with E-state index in [1.165, 1.54) is 5.56 Å². The summed E-state index contributed by atoms with van der Waals surface area (Å²) in [5, 5.41) is 3.98. The second-order valence-electron chi connectivity index (χ2n) is 7.47. The Morgan fingerprint density at radius 1 is 1.06 bits per heavy atom. The fourth-order valence-corrected chi connectivity index (χ4v) is 4.34. The van der Waals surface area contributed by atoms with Gasteiger partial charge in [-0.15, -0.1) is 11.3 Å². The molecule has 0 aliphatic carbocycles. The van der Waals surface area contributed by atoms with Gasteiger partial charge < -0.3 is 15.0 Å². The van der Waals surface area contributed by atoms with Gasteiger partial charge in [-0.25, -0.2) is 4.98 Å². The number of likely N-dealkylation sites (N-methyl/N-ethyl adjacent to an activating group) is 1. The van der Waals surface area contributed by atoms with E-state index < -0.39 is 0 Å². The van der Waals surface area contributed by atoms with Gasteiger partial charge in [0, 0.05) is 17.0 Å². The van der Waals surface area contributed by atoms with Gasteiger partial charge in [-0.3, -0.25) is 4.79 Å². The molecule has 1 aromatic heterocycles. The van der Waals surface area contributed by atoms with Crippen LogP contribution in [0.15, 0.2) is 48.5 Å². The normalized spacial score (nSPS) is 11.0. The van der Waals surface area contributed by atoms with Crippen molar-refractivity contribution in [3.8, 4) is 17.0 Å². The Morgan fingerprint density at radius 3 is 2.48 bits per heavy atom. The molecule has 1 N–H and O–H groups in total. The molecule has 3 aromatic rings. The second-order valence-corrected chi connectivity index (χ2v) is 8.75. The van der Waals surface area contributed by atoms with Crippen LogP contribution >= 0.6 is 11.3 Å². The van der Waals surface area contributed by atoms with Gasteiger partial charge >= 0.3 is 0 Å². The first-order valence-electron chi connectivity index (χ1n) is 10.8. The minimum absolute atomic E-state index is 0.0724. The highest BCUT2D eigenvalue weighted by molar-refractivity contribution is 7.12. The number of hydrogen-bond acceptors (Lipinski definition) is 5. The maximum Gasteiger partial charge on any atom is 0.229 e. The van der Waals surface area contributed by atoms with Crippen molar-refractivity contribution in [2.75, 3.05) is 31.6 Å². The summed E-state index contributed by atoms with van der Waals surface area (Å²) in [5.41, 5.74) is 3.83. The third kappa shape index (κ3) is 6.39. The largest absolute Gasteiger partial charge is 0.490 e. The summed E-state index contributed by atoms with van der Waals surface area (Å²) < 4.78 is 5.96. The van der Waals surface area contributed by atoms with E-state index in [0.29, 0.717) is 18.0 Å². The number of carbonyl (C=O) groups is 1. The SMILES string of the molecule is CCN(CC)CCOc1ccccc1NC(=O)Cc1sc(C)nc1-c1ccc(C)cc1. The topological polar surface area (TPSA) is 54.5 Å². The van der Waals surface area contributed by atoms with Gasteiger partial charge in [0.2, 0.25) is 5.91 Å². The molecule has 5 nitrogen and oxygen atoms in total. The average Bonchev–Trinajstić information content (AvgIpc) is 3.12. The Labute approximate surface area is 189 Å². The molecule has 31 heavy (non-hydrogen) atoms. The molecule has 3 rings (SSSR count). The number of amides is 1. The van der Waals surface area contributed by atoms with Gasteiger partial charge in [0.05, 0.1) is 22.8 Å². The lowest BCUT2D eigenvalue weighted by Gasteiger charge is -2.19. The summed E-state index contributed by atoms with van der Waals surface area (Å²) in [6.45, 7) is 11.8. The fourth-order valence-electron chi connectivity index (χ4n) is 3.39. The molecule has 0 aliphatic heterocycles. The van der Waals surface area contributed by atoms with Crippen molar-refractivity contribution in [1.82, 2.24) is 9.88 Å². The standard InChI is InChI=1S/C25H31N3O2S/c1-5-28(6-2)15-16-30-22-10-8-7-9-21(22)27-24(29)17-23-25(26-19(4)31-23)20-13-11-18(3)12-14-20/h7-14H,5-6,15-17H2,1-4H3,(H,27,29). The zero-order valence-electron chi connectivity index (χ0n) is 18.8. The van der Waals surface area contributed by atoms with Crippen LogP contribution in [0.1, 0.15) is 29.3 Å². The van der Waals surface area contributed by atoms with Crippen LogP contribution in [-0.4, -0.2) is 42.0 Å². The van der Waals surface area contributed by atoms with E-state index >= 15 is 0 Å². The van der Waals surface area contributed by atoms with Crippen LogP contribution in [0.25, 0.3) is 11.3 Å². The number of anilines is 1. The number of para-hydroxylation sites is 2. The highest BCUT2D eigenvalue weighted by atomic mass is 32.1. The van der Waals surface area contributed by atoms with Crippen molar-refractivity contribution in [3.63, 3.8) is 0 Å². The summed E-state index contributed by atoms with van der Waals surface area (Å²) in [4.78, 5) is 20.8. The van der Waals surface area contributed by atoms with Gasteiger partial charge in [0.15, 0.2) is 0 Å². The molecule has 0 aliphatic rings. The van der Waals surface area contributed by atoms with Crippen LogP contribution in [0.4, 0.5) is 5.69 Å². The number of ether oxygens (including phenoxy) is 1. The summed E-state index contributed by atoms with van der Waals surface area (Å²) in [7, 11) is 0. The lowest BCUT2D eigenvalue weighted by Crippen LogP contribution is -2.28. The number of thiazole rings is 1. The number of carbonyl (C=O) groups excluding carboxylic acids is 1. The molecule has 6 heteroatoms. The van der Waals surface area contributed by atoms with E-state index in [4.69, 9.17) is 4.74 Å². The molecular weight excluding hydrogens is 406 g/mol. The van der Waals surface area contributed by atoms with Crippen LogP contribution in [0, 0.1) is 13.8 Å². The zero-order valence-corrected chi connectivity index (χ0v) is 19.6. The van der Waals surface area contributed by atoms with E-state index in [9.17, 15) is 4.79 Å². The van der Waals surface area contributed by atoms with Gasteiger partial charge in [-0.1, -0.05) is 55.8 Å². The first-order valence-corrected chi connectivity index (χ1v) is 11.6. The van der Waals surface area contributed by atoms with E-state index in [1.807, 2.05) is 31.2 Å². The number of hydrogen-bond donors (Lipinski definition) is 1. The molecule has 0 spiro atoms. The monoisotopic (exact) mass is 437 g/mol. The predicted molar refractivity (Wildman–Crippen MR) is 129 cm³/mol. The maximum absolute atomic E-state index is 12.9. The minimum Gasteiger partial charge on any atom is -0.490 e. The molecule has 0 saturated heterocycles. The van der Waals surface area contributed by atoms with Crippen molar-refractivity contribution in [1.29, 1.82) is 0 Å². The molecule has 2 aromatic carbocycles. The fraction of sp³-hybridized carbons (Fsp3) is 0.360. The summed E-state index contributed by atoms with van der Waals surface area (Å²) in [6, 6.07) is 15.9. The van der Waals surface area contributed by atoms with Crippen molar-refractivity contribution in [2.24, 2.45) is 0 Å². The molecule has 0 unspecified atom stereocenters. The van der Waals surface area contributed by atoms with E-state index in [-0.39, 0.29) is 12.3 Å². The van der Waals surface area contributed by atoms with E-state index in [0.717, 1.165) is 40.8 Å². The van der Waals surface area contributed by atoms with Gasteiger partial charge in [0.25, 0.3) is 0 Å². The Bertz CT molecular complexity index is 994. The first kappa shape index (κ1) is 23.0. The lowest BCUT2D eigenvalue weighted by molar-refractivity contribution is -0.115. The van der Waals surface area contributed by atoms with Crippen LogP contribution in [-0.2, 0) is 11.2 Å². The number of nitrogens with one attached hydrogen (secondary N) is 1. The van der Waals surface area contributed by atoms with Crippen LogP contribution in [0.2, 0.25) is 0 Å². The maximum atomic E-state index is 12.9. The number of aryl methyl sites for hydroxylation is 2. The molecular formula is C25H31N3O2S. The van der Waals surface area contributed by atoms with Crippen LogP contribution < -0.4 is 10.1 Å². The average molecular weight is 438 g/mol. The third-order valence-corrected chi connectivity index (χ3v) is 6.14. The molecule has 1 heterocycles. The highest BCUT2D eigenvalue weighted by Gasteiger charge is 2.16. The zero-order chi connectivity index (χ0) is 22.2. The lowest BCUT2D eigenvalue weighted by atomic mass is 10.1. The van der Waals surface area contributed by atoms with Gasteiger partial charge in [-0.05, 0) is 39.1 Å². The highest BCUT2D eigenvalue weighted by Crippen LogP contribution is 2.30. The summed E-state index contributed by atoms with van der Waals surface area (Å²) >= 11 is 1.57. The summed E-state index contributed by atoms with van der Waals surface area (Å²) in [5.74, 6) is 0.624. The molecule has 1 amide bonds. The van der Waals surface area contributed by atoms with Gasteiger partial charge in [0.1, 0.15) is 12.4 Å². The Balaban J connectivity index is 1.67. The van der Waals surface area contributed by atoms with Gasteiger partial charge in [-0.2, -0.15) is 0 Å². The van der Waals surface area contributed by atoms with Crippen molar-refractivity contribution in [2.45, 2.75) is 34.1 Å². The number of nitrogens with zero attached hydrogens (tertiary/aromatic N) is 2.